The van der Waals surface area contributed by atoms with Crippen LogP contribution in [0.5, 0.6) is 0 Å². The van der Waals surface area contributed by atoms with E-state index in [9.17, 15) is 14.0 Å². The summed E-state index contributed by atoms with van der Waals surface area (Å²) in [5.41, 5.74) is 1.40. The smallest absolute Gasteiger partial charge is 0.316 e. The number of aromatic nitrogens is 4. The molecular weight excluding hydrogens is 363 g/mol. The summed E-state index contributed by atoms with van der Waals surface area (Å²) in [7, 11) is 0. The highest BCUT2D eigenvalue weighted by Crippen LogP contribution is 2.25. The lowest BCUT2D eigenvalue weighted by Gasteiger charge is -2.13. The van der Waals surface area contributed by atoms with Gasteiger partial charge in [-0.3, -0.25) is 14.2 Å². The van der Waals surface area contributed by atoms with Gasteiger partial charge in [-0.05, 0) is 56.7 Å². The van der Waals surface area contributed by atoms with Gasteiger partial charge < -0.3 is 9.51 Å². The number of rotatable bonds is 3. The van der Waals surface area contributed by atoms with Gasteiger partial charge in [0, 0.05) is 17.2 Å². The Morgan fingerprint density at radius 1 is 1.11 bits per heavy atom. The minimum atomic E-state index is -0.692. The van der Waals surface area contributed by atoms with Gasteiger partial charge >= 0.3 is 11.1 Å². The van der Waals surface area contributed by atoms with Crippen LogP contribution in [-0.4, -0.2) is 19.7 Å². The average molecular weight is 380 g/mol. The number of benzene rings is 2. The van der Waals surface area contributed by atoms with E-state index in [1.54, 1.807) is 37.3 Å². The summed E-state index contributed by atoms with van der Waals surface area (Å²) in [5.74, 6) is 0.128. The maximum absolute atomic E-state index is 13.8. The summed E-state index contributed by atoms with van der Waals surface area (Å²) in [5, 5.41) is 3.95. The van der Waals surface area contributed by atoms with E-state index in [0.717, 1.165) is 0 Å². The molecule has 4 aromatic rings. The second-order valence-electron chi connectivity index (χ2n) is 6.84. The molecule has 0 saturated heterocycles. The molecule has 0 radical (unpaired) electrons. The van der Waals surface area contributed by atoms with E-state index in [-0.39, 0.29) is 17.7 Å². The molecule has 0 atom stereocenters. The lowest BCUT2D eigenvalue weighted by Crippen LogP contribution is -2.37. The second kappa shape index (κ2) is 6.56. The fourth-order valence-corrected chi connectivity index (χ4v) is 3.08. The number of nitrogens with one attached hydrogen (secondary N) is 1. The van der Waals surface area contributed by atoms with Crippen LogP contribution in [0.4, 0.5) is 4.39 Å². The van der Waals surface area contributed by atoms with Gasteiger partial charge in [0.2, 0.25) is 5.82 Å². The van der Waals surface area contributed by atoms with Crippen molar-refractivity contribution in [3.8, 4) is 22.8 Å². The van der Waals surface area contributed by atoms with Crippen molar-refractivity contribution in [3.63, 3.8) is 0 Å². The van der Waals surface area contributed by atoms with Crippen molar-refractivity contribution in [1.29, 1.82) is 0 Å². The quantitative estimate of drug-likeness (QED) is 0.550. The highest BCUT2D eigenvalue weighted by molar-refractivity contribution is 5.80. The zero-order valence-electron chi connectivity index (χ0n) is 15.5. The second-order valence-corrected chi connectivity index (χ2v) is 6.84. The molecule has 2 aromatic heterocycles. The van der Waals surface area contributed by atoms with E-state index in [1.807, 2.05) is 13.8 Å². The summed E-state index contributed by atoms with van der Waals surface area (Å²) in [6, 6.07) is 9.66. The van der Waals surface area contributed by atoms with E-state index < -0.39 is 11.1 Å². The fourth-order valence-electron chi connectivity index (χ4n) is 3.08. The molecule has 4 rings (SSSR count). The predicted octanol–water partition coefficient (Wildman–Crippen LogP) is 3.44. The Bertz CT molecular complexity index is 1320. The Hall–Kier alpha value is -3.55. The molecular formula is C20H17FN4O3. The largest absolute Gasteiger partial charge is 0.334 e. The third-order valence-electron chi connectivity index (χ3n) is 4.54. The number of aromatic amines is 1. The maximum Gasteiger partial charge on any atom is 0.316 e. The van der Waals surface area contributed by atoms with Crippen molar-refractivity contribution in [2.45, 2.75) is 26.8 Å². The van der Waals surface area contributed by atoms with Crippen molar-refractivity contribution >= 4 is 11.0 Å². The topological polar surface area (TPSA) is 93.8 Å². The average Bonchev–Trinajstić information content (AvgIpc) is 3.14. The minimum Gasteiger partial charge on any atom is -0.334 e. The molecule has 0 aliphatic carbocycles. The zero-order chi connectivity index (χ0) is 20.0. The molecule has 0 saturated carbocycles. The van der Waals surface area contributed by atoms with Gasteiger partial charge in [-0.15, -0.1) is 0 Å². The van der Waals surface area contributed by atoms with E-state index in [1.165, 1.54) is 10.6 Å². The van der Waals surface area contributed by atoms with Crippen molar-refractivity contribution in [3.05, 3.63) is 68.5 Å². The van der Waals surface area contributed by atoms with Crippen LogP contribution in [0.2, 0.25) is 0 Å². The van der Waals surface area contributed by atoms with Crippen LogP contribution in [-0.2, 0) is 0 Å². The highest BCUT2D eigenvalue weighted by Gasteiger charge is 2.15. The molecule has 0 aliphatic heterocycles. The molecule has 0 spiro atoms. The first-order valence-corrected chi connectivity index (χ1v) is 8.74. The standard InChI is InChI=1S/C20H17FN4O3/c1-10(2)25-16-7-6-12(9-15(16)22-18(26)20(25)27)17-23-19(28-24-17)13-5-4-11(3)14(21)8-13/h4-10H,1-3H3,(H,22,26). The first-order valence-electron chi connectivity index (χ1n) is 8.74. The number of hydrogen-bond acceptors (Lipinski definition) is 5. The lowest BCUT2D eigenvalue weighted by atomic mass is 10.1. The van der Waals surface area contributed by atoms with Gasteiger partial charge in [-0.25, -0.2) is 4.39 Å². The van der Waals surface area contributed by atoms with E-state index in [2.05, 4.69) is 15.1 Å². The molecule has 0 fully saturated rings. The Kier molecular flexibility index (Phi) is 4.18. The molecule has 8 heteroatoms. The summed E-state index contributed by atoms with van der Waals surface area (Å²) < 4.78 is 20.5. The molecule has 0 unspecified atom stereocenters. The van der Waals surface area contributed by atoms with Crippen molar-refractivity contribution in [2.24, 2.45) is 0 Å². The summed E-state index contributed by atoms with van der Waals surface area (Å²) in [4.78, 5) is 31.0. The first kappa shape index (κ1) is 17.8. The summed E-state index contributed by atoms with van der Waals surface area (Å²) >= 11 is 0. The van der Waals surface area contributed by atoms with Crippen molar-refractivity contribution < 1.29 is 8.91 Å². The summed E-state index contributed by atoms with van der Waals surface area (Å²) in [6.07, 6.45) is 0. The lowest BCUT2D eigenvalue weighted by molar-refractivity contribution is 0.432. The van der Waals surface area contributed by atoms with Crippen LogP contribution < -0.4 is 11.1 Å². The van der Waals surface area contributed by atoms with E-state index in [4.69, 9.17) is 4.52 Å². The van der Waals surface area contributed by atoms with Crippen LogP contribution in [0.25, 0.3) is 33.9 Å². The van der Waals surface area contributed by atoms with Crippen LogP contribution >= 0.6 is 0 Å². The molecule has 0 aliphatic rings. The van der Waals surface area contributed by atoms with Crippen molar-refractivity contribution in [1.82, 2.24) is 19.7 Å². The fraction of sp³-hybridized carbons (Fsp3) is 0.200. The van der Waals surface area contributed by atoms with Gasteiger partial charge in [0.05, 0.1) is 11.0 Å². The predicted molar refractivity (Wildman–Crippen MR) is 103 cm³/mol. The summed E-state index contributed by atoms with van der Waals surface area (Å²) in [6.45, 7) is 5.34. The number of fused-ring (bicyclic) bond motifs is 1. The molecule has 7 nitrogen and oxygen atoms in total. The Morgan fingerprint density at radius 2 is 1.86 bits per heavy atom. The molecule has 2 heterocycles. The maximum atomic E-state index is 13.8. The number of nitrogens with zero attached hydrogens (tertiary/aromatic N) is 3. The number of hydrogen-bond donors (Lipinski definition) is 1. The third kappa shape index (κ3) is 2.92. The van der Waals surface area contributed by atoms with Crippen molar-refractivity contribution in [2.75, 3.05) is 0 Å². The molecule has 1 N–H and O–H groups in total. The van der Waals surface area contributed by atoms with Crippen LogP contribution in [0.1, 0.15) is 25.5 Å². The Labute approximate surface area is 158 Å². The Morgan fingerprint density at radius 3 is 2.57 bits per heavy atom. The van der Waals surface area contributed by atoms with Gasteiger partial charge in [-0.1, -0.05) is 11.2 Å². The minimum absolute atomic E-state index is 0.170. The Balaban J connectivity index is 1.81. The normalized spacial score (nSPS) is 11.5. The van der Waals surface area contributed by atoms with Gasteiger partial charge in [-0.2, -0.15) is 4.98 Å². The first-order chi connectivity index (χ1) is 13.3. The molecule has 28 heavy (non-hydrogen) atoms. The SMILES string of the molecule is Cc1ccc(-c2nc(-c3ccc4c(c3)[nH]c(=O)c(=O)n4C(C)C)no2)cc1F. The highest BCUT2D eigenvalue weighted by atomic mass is 19.1. The molecule has 142 valence electrons. The zero-order valence-corrected chi connectivity index (χ0v) is 15.5. The van der Waals surface area contributed by atoms with E-state index >= 15 is 0 Å². The molecule has 2 aromatic carbocycles. The number of H-pyrrole nitrogens is 1. The van der Waals surface area contributed by atoms with Crippen LogP contribution in [0.15, 0.2) is 50.5 Å². The monoisotopic (exact) mass is 380 g/mol. The van der Waals surface area contributed by atoms with Crippen LogP contribution in [0.3, 0.4) is 0 Å². The van der Waals surface area contributed by atoms with Crippen LogP contribution in [0, 0.1) is 12.7 Å². The van der Waals surface area contributed by atoms with Gasteiger partial charge in [0.15, 0.2) is 0 Å². The molecule has 0 amide bonds. The third-order valence-corrected chi connectivity index (χ3v) is 4.54. The molecule has 0 bridgehead atoms. The van der Waals surface area contributed by atoms with E-state index in [0.29, 0.717) is 33.5 Å². The van der Waals surface area contributed by atoms with Gasteiger partial charge in [0.1, 0.15) is 5.82 Å². The number of halogens is 1. The number of aryl methyl sites for hydroxylation is 1. The van der Waals surface area contributed by atoms with Gasteiger partial charge in [0.25, 0.3) is 5.89 Å².